The monoisotopic (exact) mass is 365 g/mol. The predicted octanol–water partition coefficient (Wildman–Crippen LogP) is -1.62. The Labute approximate surface area is 139 Å². The van der Waals surface area contributed by atoms with Crippen LogP contribution < -0.4 is 11.0 Å². The number of alkyl halides is 2. The average Bonchev–Trinajstić information content (AvgIpc) is 2.75. The minimum Gasteiger partial charge on any atom is -0.480 e. The predicted molar refractivity (Wildman–Crippen MR) is 77.2 cm³/mol. The second-order valence-electron chi connectivity index (χ2n) is 5.53. The summed E-state index contributed by atoms with van der Waals surface area (Å²) >= 11 is 0. The Bertz CT molecular complexity index is 696. The molecule has 0 radical (unpaired) electrons. The van der Waals surface area contributed by atoms with Crippen molar-refractivity contribution in [1.82, 2.24) is 9.55 Å². The Morgan fingerprint density at radius 3 is 2.64 bits per heavy atom. The van der Waals surface area contributed by atoms with E-state index >= 15 is 0 Å². The molecule has 2 heterocycles. The van der Waals surface area contributed by atoms with Gasteiger partial charge in [0.25, 0.3) is 0 Å². The highest BCUT2D eigenvalue weighted by Gasteiger charge is 2.59. The Hall–Kier alpha value is -2.15. The summed E-state index contributed by atoms with van der Waals surface area (Å²) in [6, 6.07) is -0.426. The zero-order valence-corrected chi connectivity index (χ0v) is 12.9. The number of anilines is 1. The molecule has 1 fully saturated rings. The minimum atomic E-state index is -3.85. The van der Waals surface area contributed by atoms with Crippen LogP contribution in [0, 0.1) is 0 Å². The molecule has 0 amide bonds. The van der Waals surface area contributed by atoms with Crippen molar-refractivity contribution < 1.29 is 38.7 Å². The zero-order chi connectivity index (χ0) is 18.9. The lowest BCUT2D eigenvalue weighted by Crippen LogP contribution is -2.42. The first kappa shape index (κ1) is 19.2. The summed E-state index contributed by atoms with van der Waals surface area (Å²) in [4.78, 5) is 26.4. The van der Waals surface area contributed by atoms with Crippen LogP contribution in [0.15, 0.2) is 17.1 Å². The Balaban J connectivity index is 2.28. The maximum atomic E-state index is 14.0. The van der Waals surface area contributed by atoms with E-state index in [2.05, 4.69) is 10.3 Å². The van der Waals surface area contributed by atoms with Crippen molar-refractivity contribution in [2.24, 2.45) is 0 Å². The van der Waals surface area contributed by atoms with Crippen molar-refractivity contribution in [3.05, 3.63) is 22.7 Å². The van der Waals surface area contributed by atoms with Crippen LogP contribution >= 0.6 is 0 Å². The fraction of sp³-hybridized carbons (Fsp3) is 0.615. The number of aliphatic carboxylic acids is 1. The number of carboxylic acid groups (broad SMARTS) is 1. The normalized spacial score (nSPS) is 27.7. The highest BCUT2D eigenvalue weighted by molar-refractivity contribution is 5.77. The SMILES string of the molecule is C[C@@H](O)[C@H](Nc1ccn([C@@H]2O[C@H](CO)[C@@H](O)C2(F)F)c(=O)n1)C(=O)O. The maximum Gasteiger partial charge on any atom is 0.351 e. The molecule has 10 nitrogen and oxygen atoms in total. The van der Waals surface area contributed by atoms with E-state index in [0.29, 0.717) is 4.57 Å². The van der Waals surface area contributed by atoms with Gasteiger partial charge in [-0.15, -0.1) is 0 Å². The first-order valence-electron chi connectivity index (χ1n) is 7.18. The van der Waals surface area contributed by atoms with Gasteiger partial charge in [-0.25, -0.2) is 9.59 Å². The average molecular weight is 365 g/mol. The van der Waals surface area contributed by atoms with E-state index in [1.165, 1.54) is 6.92 Å². The minimum absolute atomic E-state index is 0.255. The van der Waals surface area contributed by atoms with Crippen LogP contribution in [-0.4, -0.2) is 72.8 Å². The molecule has 25 heavy (non-hydrogen) atoms. The third-order valence-corrected chi connectivity index (χ3v) is 3.69. The second-order valence-corrected chi connectivity index (χ2v) is 5.53. The highest BCUT2D eigenvalue weighted by Crippen LogP contribution is 2.41. The fourth-order valence-corrected chi connectivity index (χ4v) is 2.34. The van der Waals surface area contributed by atoms with Crippen LogP contribution in [0.4, 0.5) is 14.6 Å². The maximum absolute atomic E-state index is 14.0. The summed E-state index contributed by atoms with van der Waals surface area (Å²) in [5, 5.41) is 39.0. The van der Waals surface area contributed by atoms with Crippen molar-refractivity contribution in [3.63, 3.8) is 0 Å². The molecule has 0 unspecified atom stereocenters. The molecule has 140 valence electrons. The summed E-state index contributed by atoms with van der Waals surface area (Å²) in [5.74, 6) is -5.51. The third-order valence-electron chi connectivity index (χ3n) is 3.69. The number of nitrogens with one attached hydrogen (secondary N) is 1. The molecule has 2 rings (SSSR count). The molecule has 0 spiro atoms. The van der Waals surface area contributed by atoms with E-state index < -0.39 is 54.8 Å². The summed E-state index contributed by atoms with van der Waals surface area (Å²) < 4.78 is 33.3. The zero-order valence-electron chi connectivity index (χ0n) is 12.9. The summed E-state index contributed by atoms with van der Waals surface area (Å²) in [7, 11) is 0. The third kappa shape index (κ3) is 3.61. The van der Waals surface area contributed by atoms with Gasteiger partial charge in [-0.2, -0.15) is 13.8 Å². The standard InChI is InChI=1S/C13H17F2N3O7/c1-5(20)8(10(22)23)16-7-2-3-18(12(24)17-7)11-13(14,15)9(21)6(4-19)25-11/h2-3,5-6,8-9,11,19-21H,4H2,1H3,(H,22,23)(H,16,17,24)/t5-,6-,8+,9-,11-/m1/s1. The van der Waals surface area contributed by atoms with Gasteiger partial charge in [-0.05, 0) is 13.0 Å². The van der Waals surface area contributed by atoms with Crippen molar-refractivity contribution >= 4 is 11.8 Å². The van der Waals surface area contributed by atoms with E-state index in [4.69, 9.17) is 14.9 Å². The molecule has 1 aliphatic heterocycles. The molecule has 1 aromatic rings. The molecule has 0 saturated carbocycles. The molecule has 0 aliphatic carbocycles. The Kier molecular flexibility index (Phi) is 5.37. The Morgan fingerprint density at radius 1 is 1.56 bits per heavy atom. The first-order chi connectivity index (χ1) is 11.6. The van der Waals surface area contributed by atoms with E-state index in [0.717, 1.165) is 12.3 Å². The number of ether oxygens (including phenoxy) is 1. The highest BCUT2D eigenvalue weighted by atomic mass is 19.3. The molecule has 5 atom stereocenters. The number of rotatable bonds is 6. The smallest absolute Gasteiger partial charge is 0.351 e. The number of nitrogens with zero attached hydrogens (tertiary/aromatic N) is 2. The van der Waals surface area contributed by atoms with E-state index in [9.17, 15) is 28.6 Å². The van der Waals surface area contributed by atoms with Gasteiger partial charge in [-0.3, -0.25) is 4.57 Å². The van der Waals surface area contributed by atoms with Crippen molar-refractivity contribution in [2.45, 2.75) is 43.4 Å². The molecular formula is C13H17F2N3O7. The van der Waals surface area contributed by atoms with Crippen LogP contribution in [0.5, 0.6) is 0 Å². The van der Waals surface area contributed by atoms with Gasteiger partial charge in [0.2, 0.25) is 6.23 Å². The number of aliphatic hydroxyl groups excluding tert-OH is 3. The number of halogens is 2. The second kappa shape index (κ2) is 7.00. The number of carboxylic acids is 1. The number of hydrogen-bond acceptors (Lipinski definition) is 8. The Morgan fingerprint density at radius 2 is 2.20 bits per heavy atom. The van der Waals surface area contributed by atoms with Crippen LogP contribution in [-0.2, 0) is 9.53 Å². The molecule has 12 heteroatoms. The van der Waals surface area contributed by atoms with Gasteiger partial charge >= 0.3 is 17.6 Å². The number of aliphatic hydroxyl groups is 3. The van der Waals surface area contributed by atoms with Crippen molar-refractivity contribution in [1.29, 1.82) is 0 Å². The van der Waals surface area contributed by atoms with Crippen LogP contribution in [0.25, 0.3) is 0 Å². The summed E-state index contributed by atoms with van der Waals surface area (Å²) in [6.07, 6.45) is -6.50. The van der Waals surface area contributed by atoms with Crippen LogP contribution in [0.2, 0.25) is 0 Å². The van der Waals surface area contributed by atoms with Crippen molar-refractivity contribution in [3.8, 4) is 0 Å². The van der Waals surface area contributed by atoms with Gasteiger partial charge in [0.15, 0.2) is 12.1 Å². The fourth-order valence-electron chi connectivity index (χ4n) is 2.34. The molecular weight excluding hydrogens is 348 g/mol. The molecule has 1 saturated heterocycles. The van der Waals surface area contributed by atoms with Gasteiger partial charge in [0.1, 0.15) is 11.9 Å². The number of carbonyl (C=O) groups is 1. The van der Waals surface area contributed by atoms with E-state index in [-0.39, 0.29) is 5.82 Å². The van der Waals surface area contributed by atoms with Crippen molar-refractivity contribution in [2.75, 3.05) is 11.9 Å². The van der Waals surface area contributed by atoms with E-state index in [1.54, 1.807) is 0 Å². The van der Waals surface area contributed by atoms with E-state index in [1.807, 2.05) is 0 Å². The lowest BCUT2D eigenvalue weighted by Gasteiger charge is -2.22. The molecule has 1 aliphatic rings. The molecule has 5 N–H and O–H groups in total. The largest absolute Gasteiger partial charge is 0.480 e. The number of hydrogen-bond donors (Lipinski definition) is 5. The van der Waals surface area contributed by atoms with Crippen LogP contribution in [0.3, 0.4) is 0 Å². The number of aromatic nitrogens is 2. The molecule has 1 aromatic heterocycles. The molecule has 0 bridgehead atoms. The first-order valence-corrected chi connectivity index (χ1v) is 7.18. The summed E-state index contributed by atoms with van der Waals surface area (Å²) in [6.45, 7) is 0.333. The summed E-state index contributed by atoms with van der Waals surface area (Å²) in [5.41, 5.74) is -1.20. The quantitative estimate of drug-likeness (QED) is 0.400. The van der Waals surface area contributed by atoms with Gasteiger partial charge in [0, 0.05) is 6.20 Å². The molecule has 0 aromatic carbocycles. The lowest BCUT2D eigenvalue weighted by molar-refractivity contribution is -0.140. The van der Waals surface area contributed by atoms with Gasteiger partial charge in [0.05, 0.1) is 12.7 Å². The lowest BCUT2D eigenvalue weighted by atomic mass is 10.1. The van der Waals surface area contributed by atoms with Gasteiger partial charge < -0.3 is 30.5 Å². The topological polar surface area (TPSA) is 154 Å². The van der Waals surface area contributed by atoms with Crippen LogP contribution in [0.1, 0.15) is 13.2 Å². The van der Waals surface area contributed by atoms with Gasteiger partial charge in [-0.1, -0.05) is 0 Å².